The van der Waals surface area contributed by atoms with Crippen LogP contribution in [0.2, 0.25) is 0 Å². The summed E-state index contributed by atoms with van der Waals surface area (Å²) in [6.45, 7) is 0.969. The van der Waals surface area contributed by atoms with E-state index in [0.29, 0.717) is 5.56 Å². The highest BCUT2D eigenvalue weighted by Crippen LogP contribution is 1.99. The van der Waals surface area contributed by atoms with Gasteiger partial charge in [-0.3, -0.25) is 14.4 Å². The Kier molecular flexibility index (Phi) is 6.90. The fraction of sp³-hybridized carbons (Fsp3) is 0.357. The number of aliphatic hydroxyl groups is 1. The van der Waals surface area contributed by atoms with Crippen LogP contribution in [0, 0.1) is 0 Å². The van der Waals surface area contributed by atoms with Gasteiger partial charge in [-0.25, -0.2) is 0 Å². The number of aliphatic hydroxyl groups excluding tert-OH is 1. The summed E-state index contributed by atoms with van der Waals surface area (Å²) in [6.07, 6.45) is 0. The lowest BCUT2D eigenvalue weighted by Gasteiger charge is -2.15. The summed E-state index contributed by atoms with van der Waals surface area (Å²) in [5.74, 6) is -1.73. The predicted molar refractivity (Wildman–Crippen MR) is 74.4 cm³/mol. The molecule has 1 unspecified atom stereocenters. The van der Waals surface area contributed by atoms with Crippen molar-refractivity contribution in [2.45, 2.75) is 13.0 Å². The molecule has 1 aromatic carbocycles. The lowest BCUT2D eigenvalue weighted by molar-refractivity contribution is -0.143. The Morgan fingerprint density at radius 2 is 1.90 bits per heavy atom. The number of ether oxygens (including phenoxy) is 1. The Morgan fingerprint density at radius 1 is 1.24 bits per heavy atom. The van der Waals surface area contributed by atoms with Gasteiger partial charge in [-0.1, -0.05) is 18.2 Å². The van der Waals surface area contributed by atoms with E-state index >= 15 is 0 Å². The summed E-state index contributed by atoms with van der Waals surface area (Å²) in [4.78, 5) is 34.7. The van der Waals surface area contributed by atoms with Crippen LogP contribution in [0.25, 0.3) is 0 Å². The van der Waals surface area contributed by atoms with Crippen molar-refractivity contribution in [1.29, 1.82) is 0 Å². The normalized spacial score (nSPS) is 11.3. The molecule has 0 heterocycles. The molecule has 0 aliphatic heterocycles. The lowest BCUT2D eigenvalue weighted by Crippen LogP contribution is -2.50. The summed E-state index contributed by atoms with van der Waals surface area (Å²) in [6, 6.07) is 7.16. The highest BCUT2D eigenvalue weighted by Gasteiger charge is 2.21. The van der Waals surface area contributed by atoms with Gasteiger partial charge in [0.1, 0.15) is 12.6 Å². The second-order valence-electron chi connectivity index (χ2n) is 4.10. The van der Waals surface area contributed by atoms with Gasteiger partial charge in [-0.15, -0.1) is 0 Å². The second kappa shape index (κ2) is 8.70. The predicted octanol–water partition coefficient (Wildman–Crippen LogP) is -0.543. The summed E-state index contributed by atoms with van der Waals surface area (Å²) >= 11 is 0. The second-order valence-corrected chi connectivity index (χ2v) is 4.10. The maximum atomic E-state index is 11.9. The van der Waals surface area contributed by atoms with Crippen molar-refractivity contribution in [3.8, 4) is 0 Å². The van der Waals surface area contributed by atoms with Crippen LogP contribution in [0.3, 0.4) is 0 Å². The van der Waals surface area contributed by atoms with Crippen molar-refractivity contribution < 1.29 is 24.2 Å². The number of amides is 2. The van der Waals surface area contributed by atoms with E-state index in [9.17, 15) is 14.4 Å². The molecule has 0 aliphatic carbocycles. The number of hydrogen-bond acceptors (Lipinski definition) is 5. The fourth-order valence-electron chi connectivity index (χ4n) is 1.52. The molecule has 1 rings (SSSR count). The van der Waals surface area contributed by atoms with Gasteiger partial charge >= 0.3 is 5.97 Å². The molecule has 7 heteroatoms. The minimum Gasteiger partial charge on any atom is -0.465 e. The number of esters is 1. The smallest absolute Gasteiger partial charge is 0.325 e. The standard InChI is InChI=1S/C14H18N2O5/c1-2-21-12(18)8-15-14(20)11(9-17)16-13(19)10-6-4-3-5-7-10/h3-7,11,17H,2,8-9H2,1H3,(H,15,20)(H,16,19). The molecular weight excluding hydrogens is 276 g/mol. The van der Waals surface area contributed by atoms with Gasteiger partial charge in [-0.2, -0.15) is 0 Å². The van der Waals surface area contributed by atoms with Gasteiger partial charge in [0.25, 0.3) is 5.91 Å². The Balaban J connectivity index is 2.52. The average Bonchev–Trinajstić information content (AvgIpc) is 2.51. The first-order chi connectivity index (χ1) is 10.1. The SMILES string of the molecule is CCOC(=O)CNC(=O)C(CO)NC(=O)c1ccccc1. The number of hydrogen-bond donors (Lipinski definition) is 3. The van der Waals surface area contributed by atoms with E-state index < -0.39 is 30.4 Å². The third kappa shape index (κ3) is 5.62. The van der Waals surface area contributed by atoms with Crippen LogP contribution in [-0.2, 0) is 14.3 Å². The quantitative estimate of drug-likeness (QED) is 0.586. The van der Waals surface area contributed by atoms with Crippen LogP contribution in [0.4, 0.5) is 0 Å². The van der Waals surface area contributed by atoms with Crippen molar-refractivity contribution in [2.24, 2.45) is 0 Å². The maximum absolute atomic E-state index is 11.9. The van der Waals surface area contributed by atoms with E-state index in [1.807, 2.05) is 0 Å². The Labute approximate surface area is 122 Å². The van der Waals surface area contributed by atoms with Crippen LogP contribution >= 0.6 is 0 Å². The maximum Gasteiger partial charge on any atom is 0.325 e. The molecule has 0 aliphatic rings. The van der Waals surface area contributed by atoms with E-state index in [4.69, 9.17) is 5.11 Å². The number of rotatable bonds is 7. The zero-order valence-electron chi connectivity index (χ0n) is 11.7. The largest absolute Gasteiger partial charge is 0.465 e. The van der Waals surface area contributed by atoms with Crippen LogP contribution in [0.5, 0.6) is 0 Å². The molecule has 0 saturated heterocycles. The molecule has 2 amide bonds. The first-order valence-electron chi connectivity index (χ1n) is 6.48. The van der Waals surface area contributed by atoms with Crippen LogP contribution in [0.1, 0.15) is 17.3 Å². The molecule has 0 fully saturated rings. The van der Waals surface area contributed by atoms with Crippen LogP contribution < -0.4 is 10.6 Å². The molecule has 114 valence electrons. The fourth-order valence-corrected chi connectivity index (χ4v) is 1.52. The molecule has 7 nitrogen and oxygen atoms in total. The van der Waals surface area contributed by atoms with Gasteiger partial charge in [0.15, 0.2) is 0 Å². The number of carbonyl (C=O) groups is 3. The number of nitrogens with one attached hydrogen (secondary N) is 2. The minimum absolute atomic E-state index is 0.211. The minimum atomic E-state index is -1.13. The molecule has 21 heavy (non-hydrogen) atoms. The summed E-state index contributed by atoms with van der Waals surface area (Å²) in [5, 5.41) is 13.8. The summed E-state index contributed by atoms with van der Waals surface area (Å²) < 4.78 is 4.65. The molecule has 3 N–H and O–H groups in total. The average molecular weight is 294 g/mol. The first kappa shape index (κ1) is 16.6. The molecular formula is C14H18N2O5. The van der Waals surface area contributed by atoms with Gasteiger partial charge in [0, 0.05) is 5.56 Å². The number of benzene rings is 1. The van der Waals surface area contributed by atoms with E-state index in [1.165, 1.54) is 0 Å². The summed E-state index contributed by atoms with van der Waals surface area (Å²) in [7, 11) is 0. The van der Waals surface area contributed by atoms with Gasteiger partial charge in [0.05, 0.1) is 13.2 Å². The third-order valence-electron chi connectivity index (χ3n) is 2.55. The first-order valence-corrected chi connectivity index (χ1v) is 6.48. The van der Waals surface area contributed by atoms with E-state index in [1.54, 1.807) is 37.3 Å². The third-order valence-corrected chi connectivity index (χ3v) is 2.55. The zero-order valence-corrected chi connectivity index (χ0v) is 11.7. The van der Waals surface area contributed by atoms with Crippen molar-refractivity contribution in [2.75, 3.05) is 19.8 Å². The van der Waals surface area contributed by atoms with Crippen molar-refractivity contribution in [3.63, 3.8) is 0 Å². The van der Waals surface area contributed by atoms with Gasteiger partial charge in [0.2, 0.25) is 5.91 Å². The van der Waals surface area contributed by atoms with Crippen LogP contribution in [-0.4, -0.2) is 48.7 Å². The monoisotopic (exact) mass is 294 g/mol. The van der Waals surface area contributed by atoms with Crippen molar-refractivity contribution in [1.82, 2.24) is 10.6 Å². The molecule has 0 saturated carbocycles. The lowest BCUT2D eigenvalue weighted by atomic mass is 10.2. The zero-order chi connectivity index (χ0) is 15.7. The topological polar surface area (TPSA) is 105 Å². The number of carbonyl (C=O) groups excluding carboxylic acids is 3. The van der Waals surface area contributed by atoms with E-state index in [-0.39, 0.29) is 13.2 Å². The molecule has 0 aromatic heterocycles. The van der Waals surface area contributed by atoms with Crippen molar-refractivity contribution >= 4 is 17.8 Å². The van der Waals surface area contributed by atoms with Gasteiger partial charge in [-0.05, 0) is 19.1 Å². The Bertz CT molecular complexity index is 489. The van der Waals surface area contributed by atoms with E-state index in [0.717, 1.165) is 0 Å². The highest BCUT2D eigenvalue weighted by molar-refractivity contribution is 5.97. The van der Waals surface area contributed by atoms with E-state index in [2.05, 4.69) is 15.4 Å². The Hall–Kier alpha value is -2.41. The summed E-state index contributed by atoms with van der Waals surface area (Å²) in [5.41, 5.74) is 0.370. The molecule has 0 spiro atoms. The molecule has 1 atom stereocenters. The molecule has 0 radical (unpaired) electrons. The Morgan fingerprint density at radius 3 is 2.48 bits per heavy atom. The van der Waals surface area contributed by atoms with Crippen molar-refractivity contribution in [3.05, 3.63) is 35.9 Å². The highest BCUT2D eigenvalue weighted by atomic mass is 16.5. The van der Waals surface area contributed by atoms with Gasteiger partial charge < -0.3 is 20.5 Å². The molecule has 0 bridgehead atoms. The molecule has 1 aromatic rings. The van der Waals surface area contributed by atoms with Crippen LogP contribution in [0.15, 0.2) is 30.3 Å².